The van der Waals surface area contributed by atoms with Gasteiger partial charge in [0.2, 0.25) is 0 Å². The van der Waals surface area contributed by atoms with Gasteiger partial charge in [-0.05, 0) is 174 Å². The molecule has 0 spiro atoms. The lowest BCUT2D eigenvalue weighted by Crippen LogP contribution is -2.60. The van der Waals surface area contributed by atoms with Crippen LogP contribution in [-0.2, 0) is 27.1 Å². The number of nitrogens with zero attached hydrogens (tertiary/aromatic N) is 4. The molecule has 15 rings (SSSR count). The summed E-state index contributed by atoms with van der Waals surface area (Å²) in [5.74, 6) is 0. The molecular weight excluding hydrogens is 1100 g/mol. The minimum Gasteiger partial charge on any atom is -0.454 e. The number of rotatable bonds is 7. The monoisotopic (exact) mass is 1180 g/mol. The van der Waals surface area contributed by atoms with Gasteiger partial charge in [-0.15, -0.1) is 11.3 Å². The van der Waals surface area contributed by atoms with E-state index >= 15 is 0 Å². The van der Waals surface area contributed by atoms with Crippen LogP contribution in [0.4, 0.5) is 51.2 Å². The third-order valence-electron chi connectivity index (χ3n) is 19.2. The second-order valence-electron chi connectivity index (χ2n) is 30.3. The van der Waals surface area contributed by atoms with Crippen LogP contribution in [0, 0.1) is 0 Å². The highest BCUT2D eigenvalue weighted by Crippen LogP contribution is 2.52. The maximum absolute atomic E-state index is 7.05. The number of hydrogen-bond acceptors (Lipinski definition) is 5. The highest BCUT2D eigenvalue weighted by atomic mass is 32.1. The molecule has 10 aromatic carbocycles. The highest BCUT2D eigenvalue weighted by Gasteiger charge is 2.44. The van der Waals surface area contributed by atoms with E-state index in [1.165, 1.54) is 69.9 Å². The maximum atomic E-state index is 7.05. The number of anilines is 9. The predicted molar refractivity (Wildman–Crippen MR) is 386 cm³/mol. The predicted octanol–water partition coefficient (Wildman–Crippen LogP) is 21.9. The summed E-state index contributed by atoms with van der Waals surface area (Å²) in [4.78, 5) is 7.63. The van der Waals surface area contributed by atoms with Gasteiger partial charge in [0.25, 0.3) is 6.71 Å². The summed E-state index contributed by atoms with van der Waals surface area (Å²) in [6.45, 7) is 34.4. The Labute approximate surface area is 529 Å². The van der Waals surface area contributed by atoms with Crippen LogP contribution >= 0.6 is 11.3 Å². The molecule has 0 N–H and O–H groups in total. The molecule has 442 valence electrons. The molecule has 0 saturated carbocycles. The molecule has 0 amide bonds. The molecule has 0 saturated heterocycles. The molecule has 7 heteroatoms. The summed E-state index contributed by atoms with van der Waals surface area (Å²) in [7, 11) is 0. The lowest BCUT2D eigenvalue weighted by atomic mass is 9.33. The summed E-state index contributed by atoms with van der Waals surface area (Å²) < 4.78 is 12.2. The molecule has 0 bridgehead atoms. The number of aromatic nitrogens is 1. The van der Waals surface area contributed by atoms with Crippen molar-refractivity contribution in [3.63, 3.8) is 0 Å². The van der Waals surface area contributed by atoms with Gasteiger partial charge in [-0.2, -0.15) is 0 Å². The van der Waals surface area contributed by atoms with Gasteiger partial charge in [-0.3, -0.25) is 0 Å². The van der Waals surface area contributed by atoms with Crippen molar-refractivity contribution in [2.75, 3.05) is 14.7 Å². The molecule has 89 heavy (non-hydrogen) atoms. The standard InChI is InChI=1S/C82H79BN4OS/c1-78(2,3)50-26-35-55(36-27-50)84(56-37-28-51(29-38-56)79(4,5)6)59-43-45-65-68(47-59)86(67-24-19-21-62-61-44-34-54(82(13,14)15)46-72(61)89-77(62)67)69-48-60(85(57-39-30-52(31-40-57)80(7,8)9)58-41-32-53(33-42-58)81(10,11)12)49-70-73(69)83(65)66-23-18-22-64-74(66)87(70)75-63-20-16-17-25-71(63)88-76(64)75/h16-49H,1-15H3. The van der Waals surface area contributed by atoms with Crippen molar-refractivity contribution in [1.82, 2.24) is 4.57 Å². The average molecular weight is 1180 g/mol. The minimum atomic E-state index is -0.136. The van der Waals surface area contributed by atoms with Crippen molar-refractivity contribution in [1.29, 1.82) is 0 Å². The van der Waals surface area contributed by atoms with Crippen LogP contribution in [0.25, 0.3) is 58.8 Å². The van der Waals surface area contributed by atoms with Crippen LogP contribution in [0.5, 0.6) is 0 Å². The van der Waals surface area contributed by atoms with Crippen molar-refractivity contribution in [3.05, 3.63) is 234 Å². The van der Waals surface area contributed by atoms with E-state index in [2.05, 4.69) is 329 Å². The van der Waals surface area contributed by atoms with E-state index in [0.717, 1.165) is 84.3 Å². The zero-order valence-corrected chi connectivity index (χ0v) is 55.1. The third kappa shape index (κ3) is 9.23. The van der Waals surface area contributed by atoms with E-state index in [4.69, 9.17) is 4.42 Å². The fourth-order valence-electron chi connectivity index (χ4n) is 14.2. The summed E-state index contributed by atoms with van der Waals surface area (Å²) in [6.07, 6.45) is 0. The van der Waals surface area contributed by atoms with Gasteiger partial charge in [0, 0.05) is 71.7 Å². The largest absolute Gasteiger partial charge is 0.454 e. The van der Waals surface area contributed by atoms with Crippen LogP contribution in [0.15, 0.2) is 211 Å². The van der Waals surface area contributed by atoms with E-state index in [0.29, 0.717) is 0 Å². The van der Waals surface area contributed by atoms with Gasteiger partial charge in [0.15, 0.2) is 5.58 Å². The van der Waals surface area contributed by atoms with Crippen molar-refractivity contribution in [2.45, 2.75) is 131 Å². The number of para-hydroxylation sites is 2. The number of benzene rings is 10. The highest BCUT2D eigenvalue weighted by molar-refractivity contribution is 7.26. The van der Waals surface area contributed by atoms with E-state index < -0.39 is 0 Å². The summed E-state index contributed by atoms with van der Waals surface area (Å²) in [5, 5.41) is 4.76. The molecule has 13 aromatic rings. The molecule has 2 aliphatic heterocycles. The van der Waals surface area contributed by atoms with Crippen molar-refractivity contribution in [2.24, 2.45) is 0 Å². The molecule has 5 nitrogen and oxygen atoms in total. The summed E-state index contributed by atoms with van der Waals surface area (Å²) in [5.41, 5.74) is 25.5. The number of fused-ring (bicyclic) bond motifs is 12. The second-order valence-corrected chi connectivity index (χ2v) is 31.4. The first-order valence-corrected chi connectivity index (χ1v) is 32.7. The zero-order chi connectivity index (χ0) is 62.0. The van der Waals surface area contributed by atoms with Crippen molar-refractivity contribution in [3.8, 4) is 5.69 Å². The van der Waals surface area contributed by atoms with Gasteiger partial charge in [0.1, 0.15) is 11.1 Å². The second kappa shape index (κ2) is 19.9. The van der Waals surface area contributed by atoms with Crippen LogP contribution < -0.4 is 31.1 Å². The van der Waals surface area contributed by atoms with Crippen LogP contribution in [0.2, 0.25) is 0 Å². The number of thiophene rings is 1. The first-order chi connectivity index (χ1) is 42.3. The van der Waals surface area contributed by atoms with Gasteiger partial charge < -0.3 is 23.7 Å². The normalized spacial score (nSPS) is 13.5. The van der Waals surface area contributed by atoms with E-state index in [9.17, 15) is 0 Å². The van der Waals surface area contributed by atoms with E-state index in [1.807, 2.05) is 11.3 Å². The van der Waals surface area contributed by atoms with Crippen LogP contribution in [0.3, 0.4) is 0 Å². The lowest BCUT2D eigenvalue weighted by molar-refractivity contribution is 0.590. The Morgan fingerprint density at radius 3 is 1.36 bits per heavy atom. The molecule has 0 unspecified atom stereocenters. The van der Waals surface area contributed by atoms with E-state index in [-0.39, 0.29) is 33.8 Å². The lowest BCUT2D eigenvalue weighted by Gasteiger charge is -2.42. The Morgan fingerprint density at radius 1 is 0.348 bits per heavy atom. The number of furan rings is 1. The van der Waals surface area contributed by atoms with Crippen LogP contribution in [0.1, 0.15) is 132 Å². The quantitative estimate of drug-likeness (QED) is 0.149. The SMILES string of the molecule is CC(C)(C)c1ccc(N(c2ccc(C(C)(C)C)cc2)c2ccc3c(c2)N(c2cccc4c2sc2cc(C(C)(C)C)ccc24)c2cc(N(c4ccc(C(C)(C)C)cc4)c4ccc(C(C)(C)C)cc4)cc4c2B3c2cccc3c5oc6ccccc6c5n-4c23)cc1. The first-order valence-electron chi connectivity index (χ1n) is 31.8. The fraction of sp³-hybridized carbons (Fsp3) is 0.244. The number of hydrogen-bond donors (Lipinski definition) is 0. The van der Waals surface area contributed by atoms with E-state index in [1.54, 1.807) is 0 Å². The molecular formula is C82H79BN4OS. The summed E-state index contributed by atoms with van der Waals surface area (Å²) in [6, 6.07) is 79.2. The minimum absolute atomic E-state index is 0.00321. The fourth-order valence-corrected chi connectivity index (χ4v) is 15.4. The molecule has 3 aromatic heterocycles. The first kappa shape index (κ1) is 56.7. The van der Waals surface area contributed by atoms with Gasteiger partial charge in [-0.25, -0.2) is 0 Å². The molecule has 0 atom stereocenters. The topological polar surface area (TPSA) is 27.8 Å². The summed E-state index contributed by atoms with van der Waals surface area (Å²) >= 11 is 1.92. The van der Waals surface area contributed by atoms with Gasteiger partial charge in [0.05, 0.1) is 21.6 Å². The Morgan fingerprint density at radius 2 is 0.809 bits per heavy atom. The third-order valence-corrected chi connectivity index (χ3v) is 20.4. The Bertz CT molecular complexity index is 4850. The Kier molecular flexibility index (Phi) is 12.7. The Hall–Kier alpha value is -8.78. The van der Waals surface area contributed by atoms with Gasteiger partial charge in [-0.1, -0.05) is 207 Å². The van der Waals surface area contributed by atoms with Crippen LogP contribution in [-0.4, -0.2) is 11.3 Å². The molecule has 0 radical (unpaired) electrons. The Balaban J connectivity index is 1.08. The van der Waals surface area contributed by atoms with Gasteiger partial charge >= 0.3 is 0 Å². The molecule has 5 heterocycles. The van der Waals surface area contributed by atoms with Crippen molar-refractivity contribution < 1.29 is 4.42 Å². The molecule has 2 aliphatic rings. The maximum Gasteiger partial charge on any atom is 0.252 e. The average Bonchev–Trinajstić information content (AvgIpc) is 1.63. The molecule has 0 fully saturated rings. The molecule has 0 aliphatic carbocycles. The zero-order valence-electron chi connectivity index (χ0n) is 54.3. The smallest absolute Gasteiger partial charge is 0.252 e. The van der Waals surface area contributed by atoms with Crippen molar-refractivity contribution >= 4 is 139 Å².